The van der Waals surface area contributed by atoms with Gasteiger partial charge in [-0.05, 0) is 81.8 Å². The van der Waals surface area contributed by atoms with Crippen LogP contribution in [0.1, 0.15) is 60.9 Å². The van der Waals surface area contributed by atoms with E-state index < -0.39 is 6.04 Å². The number of benzene rings is 1. The van der Waals surface area contributed by atoms with Crippen LogP contribution in [-0.2, 0) is 16.1 Å². The first-order valence-electron chi connectivity index (χ1n) is 12.4. The van der Waals surface area contributed by atoms with Crippen LogP contribution < -0.4 is 10.1 Å². The van der Waals surface area contributed by atoms with Crippen LogP contribution in [0.5, 0.6) is 5.75 Å². The van der Waals surface area contributed by atoms with E-state index in [4.69, 9.17) is 9.47 Å². The highest BCUT2D eigenvalue weighted by Crippen LogP contribution is 2.41. The Morgan fingerprint density at radius 2 is 1.94 bits per heavy atom. The minimum Gasteiger partial charge on any atom is -0.489 e. The van der Waals surface area contributed by atoms with E-state index in [2.05, 4.69) is 16.8 Å². The number of nitrogens with zero attached hydrogens (tertiary/aromatic N) is 2. The van der Waals surface area contributed by atoms with Crippen molar-refractivity contribution in [2.24, 2.45) is 5.41 Å². The van der Waals surface area contributed by atoms with Crippen LogP contribution in [0.15, 0.2) is 30.5 Å². The SMILES string of the molecule is C=C1CCC(N2Cc3cc(O[C@@H]4CCC[C@H]4N4CCC5(CC4)COC5)ccc3C2=O)C(=O)N1. The molecule has 0 radical (unpaired) electrons. The lowest BCUT2D eigenvalue weighted by Crippen LogP contribution is -2.54. The third-order valence-electron chi connectivity index (χ3n) is 8.46. The Labute approximate surface area is 195 Å². The van der Waals surface area contributed by atoms with Gasteiger partial charge >= 0.3 is 0 Å². The Balaban J connectivity index is 1.12. The van der Waals surface area contributed by atoms with Crippen molar-refractivity contribution >= 4 is 11.8 Å². The first kappa shape index (κ1) is 21.2. The fraction of sp³-hybridized carbons (Fsp3) is 0.615. The van der Waals surface area contributed by atoms with E-state index in [1.165, 1.54) is 25.7 Å². The molecule has 2 amide bonds. The van der Waals surface area contributed by atoms with E-state index in [0.29, 0.717) is 36.4 Å². The topological polar surface area (TPSA) is 71.1 Å². The molecule has 4 fully saturated rings. The van der Waals surface area contributed by atoms with Gasteiger partial charge in [-0.15, -0.1) is 0 Å². The fourth-order valence-electron chi connectivity index (χ4n) is 6.35. The minimum atomic E-state index is -0.428. The zero-order valence-electron chi connectivity index (χ0n) is 19.2. The van der Waals surface area contributed by atoms with Crippen molar-refractivity contribution in [3.05, 3.63) is 41.6 Å². The number of likely N-dealkylation sites (tertiary alicyclic amines) is 1. The third-order valence-corrected chi connectivity index (χ3v) is 8.46. The number of hydrogen-bond acceptors (Lipinski definition) is 5. The highest BCUT2D eigenvalue weighted by Gasteiger charge is 2.44. The molecular weight excluding hydrogens is 418 g/mol. The highest BCUT2D eigenvalue weighted by atomic mass is 16.5. The zero-order valence-corrected chi connectivity index (χ0v) is 19.2. The van der Waals surface area contributed by atoms with Gasteiger partial charge in [0, 0.05) is 29.3 Å². The molecular formula is C26H33N3O4. The molecule has 0 aromatic heterocycles. The van der Waals surface area contributed by atoms with Gasteiger partial charge in [0.05, 0.1) is 13.2 Å². The molecule has 4 aliphatic heterocycles. The van der Waals surface area contributed by atoms with E-state index in [-0.39, 0.29) is 17.9 Å². The summed E-state index contributed by atoms with van der Waals surface area (Å²) in [6.07, 6.45) is 7.44. The van der Waals surface area contributed by atoms with E-state index >= 15 is 0 Å². The summed E-state index contributed by atoms with van der Waals surface area (Å²) in [5.74, 6) is 0.641. The molecule has 3 saturated heterocycles. The number of fused-ring (bicyclic) bond motifs is 1. The number of piperidine rings is 2. The number of carbonyl (C=O) groups is 2. The second-order valence-corrected chi connectivity index (χ2v) is 10.6. The lowest BCUT2D eigenvalue weighted by atomic mass is 9.76. The molecule has 1 unspecified atom stereocenters. The quantitative estimate of drug-likeness (QED) is 0.762. The molecule has 1 saturated carbocycles. The van der Waals surface area contributed by atoms with Crippen LogP contribution in [-0.4, -0.2) is 66.1 Å². The first-order valence-corrected chi connectivity index (χ1v) is 12.4. The molecule has 5 aliphatic rings. The Bertz CT molecular complexity index is 978. The molecule has 7 heteroatoms. The molecule has 1 aromatic rings. The lowest BCUT2D eigenvalue weighted by Gasteiger charge is -2.49. The second kappa shape index (κ2) is 8.13. The normalized spacial score (nSPS) is 31.5. The number of rotatable bonds is 4. The van der Waals surface area contributed by atoms with Gasteiger partial charge in [-0.2, -0.15) is 0 Å². The van der Waals surface area contributed by atoms with E-state index in [1.54, 1.807) is 4.90 Å². The summed E-state index contributed by atoms with van der Waals surface area (Å²) in [6, 6.07) is 5.85. The standard InChI is InChI=1S/C26H33N3O4/c1-17-5-8-22(24(30)27-17)29-14-18-13-19(6-7-20(18)25(29)31)33-23-4-2-3-21(23)28-11-9-26(10-12-28)15-32-16-26/h6-7,13,21-23H,1-5,8-12,14-16H2,(H,27,30)/t21-,22?,23-/m1/s1. The second-order valence-electron chi connectivity index (χ2n) is 10.6. The molecule has 1 aliphatic carbocycles. The van der Waals surface area contributed by atoms with Gasteiger partial charge in [0.2, 0.25) is 5.91 Å². The molecule has 3 atom stereocenters. The van der Waals surface area contributed by atoms with Crippen molar-refractivity contribution in [3.8, 4) is 5.75 Å². The smallest absolute Gasteiger partial charge is 0.255 e. The lowest BCUT2D eigenvalue weighted by molar-refractivity contribution is -0.144. The van der Waals surface area contributed by atoms with Gasteiger partial charge in [-0.3, -0.25) is 14.5 Å². The molecule has 7 nitrogen and oxygen atoms in total. The van der Waals surface area contributed by atoms with Crippen LogP contribution in [0, 0.1) is 5.41 Å². The average Bonchev–Trinajstić information content (AvgIpc) is 3.37. The molecule has 176 valence electrons. The summed E-state index contributed by atoms with van der Waals surface area (Å²) < 4.78 is 12.0. The molecule has 1 spiro atoms. The molecule has 0 bridgehead atoms. The van der Waals surface area contributed by atoms with E-state index in [9.17, 15) is 9.59 Å². The molecule has 6 rings (SSSR count). The van der Waals surface area contributed by atoms with Crippen LogP contribution in [0.4, 0.5) is 0 Å². The van der Waals surface area contributed by atoms with Gasteiger partial charge < -0.3 is 19.7 Å². The summed E-state index contributed by atoms with van der Waals surface area (Å²) in [5.41, 5.74) is 2.82. The Hall–Kier alpha value is -2.38. The number of ether oxygens (including phenoxy) is 2. The van der Waals surface area contributed by atoms with Crippen molar-refractivity contribution in [1.29, 1.82) is 0 Å². The Morgan fingerprint density at radius 3 is 2.67 bits per heavy atom. The zero-order chi connectivity index (χ0) is 22.6. The molecule has 4 heterocycles. The van der Waals surface area contributed by atoms with Crippen LogP contribution in [0.2, 0.25) is 0 Å². The number of carbonyl (C=O) groups excluding carboxylic acids is 2. The Morgan fingerprint density at radius 1 is 1.12 bits per heavy atom. The van der Waals surface area contributed by atoms with Gasteiger partial charge in [-0.25, -0.2) is 0 Å². The number of allylic oxidation sites excluding steroid dienone is 1. The first-order chi connectivity index (χ1) is 16.0. The van der Waals surface area contributed by atoms with Crippen molar-refractivity contribution in [3.63, 3.8) is 0 Å². The fourth-order valence-corrected chi connectivity index (χ4v) is 6.35. The maximum absolute atomic E-state index is 13.0. The van der Waals surface area contributed by atoms with Crippen molar-refractivity contribution < 1.29 is 19.1 Å². The average molecular weight is 452 g/mol. The molecule has 33 heavy (non-hydrogen) atoms. The Kier molecular flexibility index (Phi) is 5.22. The monoisotopic (exact) mass is 451 g/mol. The summed E-state index contributed by atoms with van der Waals surface area (Å²) in [5, 5.41) is 2.80. The number of amides is 2. The van der Waals surface area contributed by atoms with Crippen molar-refractivity contribution in [2.45, 2.75) is 69.7 Å². The van der Waals surface area contributed by atoms with Crippen LogP contribution in [0.3, 0.4) is 0 Å². The maximum atomic E-state index is 13.0. The van der Waals surface area contributed by atoms with Gasteiger partial charge in [-0.1, -0.05) is 6.58 Å². The third kappa shape index (κ3) is 3.75. The van der Waals surface area contributed by atoms with Gasteiger partial charge in [0.15, 0.2) is 0 Å². The predicted octanol–water partition coefficient (Wildman–Crippen LogP) is 2.85. The maximum Gasteiger partial charge on any atom is 0.255 e. The summed E-state index contributed by atoms with van der Waals surface area (Å²) in [6.45, 7) is 8.45. The van der Waals surface area contributed by atoms with E-state index in [0.717, 1.165) is 49.7 Å². The van der Waals surface area contributed by atoms with Crippen molar-refractivity contribution in [1.82, 2.24) is 15.1 Å². The van der Waals surface area contributed by atoms with Gasteiger partial charge in [0.25, 0.3) is 5.91 Å². The predicted molar refractivity (Wildman–Crippen MR) is 123 cm³/mol. The van der Waals surface area contributed by atoms with Crippen LogP contribution in [0.25, 0.3) is 0 Å². The number of hydrogen-bond donors (Lipinski definition) is 1. The van der Waals surface area contributed by atoms with E-state index in [1.807, 2.05) is 18.2 Å². The summed E-state index contributed by atoms with van der Waals surface area (Å²) in [7, 11) is 0. The molecule has 1 N–H and O–H groups in total. The van der Waals surface area contributed by atoms with Gasteiger partial charge in [0.1, 0.15) is 17.9 Å². The largest absolute Gasteiger partial charge is 0.489 e. The molecule has 1 aromatic carbocycles. The summed E-state index contributed by atoms with van der Waals surface area (Å²) >= 11 is 0. The van der Waals surface area contributed by atoms with Crippen LogP contribution >= 0.6 is 0 Å². The number of nitrogens with one attached hydrogen (secondary N) is 1. The highest BCUT2D eigenvalue weighted by molar-refractivity contribution is 6.01. The van der Waals surface area contributed by atoms with Crippen molar-refractivity contribution in [2.75, 3.05) is 26.3 Å². The minimum absolute atomic E-state index is 0.0647. The summed E-state index contributed by atoms with van der Waals surface area (Å²) in [4.78, 5) is 29.8.